The molecule has 0 saturated carbocycles. The summed E-state index contributed by atoms with van der Waals surface area (Å²) in [5.74, 6) is 1.01. The Balaban J connectivity index is 1.58. The van der Waals surface area contributed by atoms with Crippen molar-refractivity contribution in [3.05, 3.63) is 63.7 Å². The van der Waals surface area contributed by atoms with Crippen LogP contribution in [-0.2, 0) is 13.1 Å². The van der Waals surface area contributed by atoms with Crippen molar-refractivity contribution in [1.29, 1.82) is 0 Å². The van der Waals surface area contributed by atoms with Crippen molar-refractivity contribution in [2.45, 2.75) is 26.9 Å². The first-order chi connectivity index (χ1) is 10.7. The Morgan fingerprint density at radius 1 is 1.09 bits per heavy atom. The van der Waals surface area contributed by atoms with Crippen molar-refractivity contribution in [1.82, 2.24) is 10.3 Å². The minimum Gasteiger partial charge on any atom is -0.365 e. The van der Waals surface area contributed by atoms with E-state index < -0.39 is 0 Å². The van der Waals surface area contributed by atoms with Gasteiger partial charge in [0.1, 0.15) is 10.7 Å². The number of aromatic nitrogens is 1. The minimum atomic E-state index is 0.760. The van der Waals surface area contributed by atoms with Crippen LogP contribution in [-0.4, -0.2) is 10.8 Å². The first-order valence-corrected chi connectivity index (χ1v) is 8.25. The molecule has 0 amide bonds. The van der Waals surface area contributed by atoms with Gasteiger partial charge in [0.05, 0.1) is 11.4 Å². The molecule has 1 aliphatic rings. The number of nitrogens with zero attached hydrogens (tertiary/aromatic N) is 2. The molecule has 4 rings (SSSR count). The number of nitrogens with one attached hydrogen (secondary N) is 1. The number of benzene rings is 1. The van der Waals surface area contributed by atoms with Crippen LogP contribution < -0.4 is 5.32 Å². The van der Waals surface area contributed by atoms with E-state index in [1.54, 1.807) is 11.3 Å². The lowest BCUT2D eigenvalue weighted by Gasteiger charge is -2.06. The number of aliphatic imine (C=N–C) groups is 1. The predicted octanol–water partition coefficient (Wildman–Crippen LogP) is 3.96. The fourth-order valence-electron chi connectivity index (χ4n) is 2.73. The summed E-state index contributed by atoms with van der Waals surface area (Å²) >= 11 is 1.74. The van der Waals surface area contributed by atoms with E-state index in [1.165, 1.54) is 27.0 Å². The summed E-state index contributed by atoms with van der Waals surface area (Å²) in [6.07, 6.45) is 0. The van der Waals surface area contributed by atoms with Crippen LogP contribution in [0.1, 0.15) is 27.3 Å². The van der Waals surface area contributed by atoms with Gasteiger partial charge in [0, 0.05) is 23.2 Å². The molecule has 0 fully saturated rings. The molecule has 22 heavy (non-hydrogen) atoms. The molecule has 1 aromatic carbocycles. The quantitative estimate of drug-likeness (QED) is 0.778. The lowest BCUT2D eigenvalue weighted by molar-refractivity contribution is 0.911. The molecule has 0 unspecified atom stereocenters. The molecule has 3 heterocycles. The Morgan fingerprint density at radius 2 is 1.91 bits per heavy atom. The Morgan fingerprint density at radius 3 is 2.73 bits per heavy atom. The third-order valence-corrected chi connectivity index (χ3v) is 5.14. The van der Waals surface area contributed by atoms with Crippen molar-refractivity contribution in [3.8, 4) is 0 Å². The van der Waals surface area contributed by atoms with E-state index in [0.717, 1.165) is 29.4 Å². The van der Waals surface area contributed by atoms with Crippen LogP contribution >= 0.6 is 11.3 Å². The highest BCUT2D eigenvalue weighted by Crippen LogP contribution is 2.34. The van der Waals surface area contributed by atoms with Crippen molar-refractivity contribution in [3.63, 3.8) is 0 Å². The standard InChI is InChI=1S/C18H17N3S/c1-11-3-6-13(7-4-11)9-19-17-16-15(10-20-17)14-8-5-12(2)21-18(14)22-16/h3-8H,9-10H2,1-2H3,(H,19,20). The summed E-state index contributed by atoms with van der Waals surface area (Å²) < 4.78 is 0. The lowest BCUT2D eigenvalue weighted by atomic mass is 10.1. The highest BCUT2D eigenvalue weighted by molar-refractivity contribution is 7.20. The first-order valence-electron chi connectivity index (χ1n) is 7.44. The van der Waals surface area contributed by atoms with Crippen LogP contribution in [0.15, 0.2) is 41.4 Å². The largest absolute Gasteiger partial charge is 0.365 e. The summed E-state index contributed by atoms with van der Waals surface area (Å²) in [5, 5.41) is 4.73. The molecule has 1 N–H and O–H groups in total. The predicted molar refractivity (Wildman–Crippen MR) is 92.6 cm³/mol. The molecule has 110 valence electrons. The summed E-state index contributed by atoms with van der Waals surface area (Å²) in [6.45, 7) is 5.71. The van der Waals surface area contributed by atoms with Crippen LogP contribution in [0.4, 0.5) is 0 Å². The zero-order valence-corrected chi connectivity index (χ0v) is 13.5. The van der Waals surface area contributed by atoms with Crippen molar-refractivity contribution in [2.24, 2.45) is 4.99 Å². The Hall–Kier alpha value is -2.20. The van der Waals surface area contributed by atoms with Crippen LogP contribution in [0.2, 0.25) is 0 Å². The normalized spacial score (nSPS) is 13.3. The molecule has 4 heteroatoms. The molecular formula is C18H17N3S. The number of rotatable bonds is 2. The fourth-order valence-corrected chi connectivity index (χ4v) is 3.94. The third kappa shape index (κ3) is 2.29. The van der Waals surface area contributed by atoms with Gasteiger partial charge in [0.25, 0.3) is 0 Å². The average molecular weight is 307 g/mol. The average Bonchev–Trinajstić information content (AvgIpc) is 3.05. The van der Waals surface area contributed by atoms with E-state index in [-0.39, 0.29) is 0 Å². The van der Waals surface area contributed by atoms with Gasteiger partial charge >= 0.3 is 0 Å². The van der Waals surface area contributed by atoms with Crippen molar-refractivity contribution in [2.75, 3.05) is 0 Å². The lowest BCUT2D eigenvalue weighted by Crippen LogP contribution is -2.21. The fraction of sp³-hybridized carbons (Fsp3) is 0.222. The molecular weight excluding hydrogens is 290 g/mol. The molecule has 0 saturated heterocycles. The second kappa shape index (κ2) is 5.21. The van der Waals surface area contributed by atoms with E-state index in [9.17, 15) is 0 Å². The molecule has 3 nitrogen and oxygen atoms in total. The molecule has 0 spiro atoms. The number of amidine groups is 1. The monoisotopic (exact) mass is 307 g/mol. The van der Waals surface area contributed by atoms with E-state index in [4.69, 9.17) is 0 Å². The number of thiophene rings is 1. The van der Waals surface area contributed by atoms with Gasteiger partial charge in [-0.15, -0.1) is 11.3 Å². The van der Waals surface area contributed by atoms with Gasteiger partial charge in [0.2, 0.25) is 0 Å². The summed E-state index contributed by atoms with van der Waals surface area (Å²) in [7, 11) is 0. The topological polar surface area (TPSA) is 37.3 Å². The molecule has 0 aliphatic carbocycles. The number of aryl methyl sites for hydroxylation is 2. The van der Waals surface area contributed by atoms with Crippen molar-refractivity contribution >= 4 is 27.4 Å². The SMILES string of the molecule is Cc1ccc(CNC2=NCc3c2sc2nc(C)ccc32)cc1. The minimum absolute atomic E-state index is 0.760. The number of hydrogen-bond donors (Lipinski definition) is 1. The molecule has 2 aromatic heterocycles. The summed E-state index contributed by atoms with van der Waals surface area (Å²) in [6, 6.07) is 12.9. The smallest absolute Gasteiger partial charge is 0.139 e. The first kappa shape index (κ1) is 13.5. The zero-order valence-electron chi connectivity index (χ0n) is 12.7. The van der Waals surface area contributed by atoms with Crippen LogP contribution in [0.5, 0.6) is 0 Å². The summed E-state index contributed by atoms with van der Waals surface area (Å²) in [5.41, 5.74) is 4.95. The highest BCUT2D eigenvalue weighted by Gasteiger charge is 2.22. The Kier molecular flexibility index (Phi) is 3.19. The van der Waals surface area contributed by atoms with E-state index >= 15 is 0 Å². The number of pyridine rings is 1. The zero-order chi connectivity index (χ0) is 15.1. The molecule has 0 atom stereocenters. The summed E-state index contributed by atoms with van der Waals surface area (Å²) in [4.78, 5) is 11.7. The van der Waals surface area contributed by atoms with E-state index in [0.29, 0.717) is 0 Å². The molecule has 0 radical (unpaired) electrons. The van der Waals surface area contributed by atoms with E-state index in [1.807, 2.05) is 6.92 Å². The second-order valence-corrected chi connectivity index (χ2v) is 6.72. The van der Waals surface area contributed by atoms with Gasteiger partial charge in [-0.2, -0.15) is 0 Å². The molecule has 0 bridgehead atoms. The molecule has 3 aromatic rings. The second-order valence-electron chi connectivity index (χ2n) is 5.72. The Labute approximate surface area is 133 Å². The number of fused-ring (bicyclic) bond motifs is 3. The van der Waals surface area contributed by atoms with Crippen LogP contribution in [0, 0.1) is 13.8 Å². The van der Waals surface area contributed by atoms with Crippen LogP contribution in [0.3, 0.4) is 0 Å². The van der Waals surface area contributed by atoms with Gasteiger partial charge < -0.3 is 5.32 Å². The van der Waals surface area contributed by atoms with E-state index in [2.05, 4.69) is 58.6 Å². The van der Waals surface area contributed by atoms with Gasteiger partial charge in [-0.25, -0.2) is 4.98 Å². The third-order valence-electron chi connectivity index (χ3n) is 3.99. The maximum Gasteiger partial charge on any atom is 0.139 e. The Bertz CT molecular complexity index is 875. The highest BCUT2D eigenvalue weighted by atomic mass is 32.1. The van der Waals surface area contributed by atoms with Gasteiger partial charge in [0.15, 0.2) is 0 Å². The van der Waals surface area contributed by atoms with Gasteiger partial charge in [-0.1, -0.05) is 29.8 Å². The number of hydrogen-bond acceptors (Lipinski definition) is 4. The maximum absolute atomic E-state index is 4.66. The van der Waals surface area contributed by atoms with Gasteiger partial charge in [-0.05, 0) is 31.5 Å². The molecule has 1 aliphatic heterocycles. The maximum atomic E-state index is 4.66. The van der Waals surface area contributed by atoms with Crippen molar-refractivity contribution < 1.29 is 0 Å². The van der Waals surface area contributed by atoms with Gasteiger partial charge in [-0.3, -0.25) is 4.99 Å². The van der Waals surface area contributed by atoms with Crippen LogP contribution in [0.25, 0.3) is 10.2 Å².